The maximum absolute atomic E-state index is 14.1. The van der Waals surface area contributed by atoms with Crippen molar-refractivity contribution in [2.75, 3.05) is 0 Å². The first-order valence-electron chi connectivity index (χ1n) is 15.1. The third-order valence-corrected chi connectivity index (χ3v) is 11.9. The molecule has 0 aliphatic carbocycles. The Bertz CT molecular complexity index is 1300. The quantitative estimate of drug-likeness (QED) is 0.214. The van der Waals surface area contributed by atoms with E-state index in [0.717, 1.165) is 18.4 Å². The van der Waals surface area contributed by atoms with Gasteiger partial charge in [0.25, 0.3) is 0 Å². The zero-order valence-corrected chi connectivity index (χ0v) is 27.7. The molecule has 0 aromatic heterocycles. The van der Waals surface area contributed by atoms with Gasteiger partial charge < -0.3 is 4.65 Å². The van der Waals surface area contributed by atoms with Crippen LogP contribution in [0.4, 0.5) is 13.2 Å². The van der Waals surface area contributed by atoms with Gasteiger partial charge in [-0.3, -0.25) is 0 Å². The van der Waals surface area contributed by atoms with Gasteiger partial charge in [0.05, 0.1) is 0 Å². The van der Waals surface area contributed by atoms with Crippen LogP contribution < -0.4 is 0 Å². The molecular weight excluding hydrogens is 536 g/mol. The van der Waals surface area contributed by atoms with Crippen LogP contribution in [0.15, 0.2) is 41.3 Å². The average Bonchev–Trinajstić information content (AvgIpc) is 2.89. The molecule has 0 saturated carbocycles. The Labute approximate surface area is 251 Å². The molecule has 0 bridgehead atoms. The van der Waals surface area contributed by atoms with Crippen molar-refractivity contribution in [3.63, 3.8) is 0 Å². The van der Waals surface area contributed by atoms with E-state index in [4.69, 9.17) is 4.65 Å². The summed E-state index contributed by atoms with van der Waals surface area (Å²) in [5, 5.41) is 0.0765. The lowest BCUT2D eigenvalue weighted by molar-refractivity contribution is -0.211. The summed E-state index contributed by atoms with van der Waals surface area (Å²) < 4.78 is 48.5. The smallest absolute Gasteiger partial charge is 0.405 e. The SMILES string of the molecule is CCCC(C)C(C)(C#Cc1ccc(C(CC)(CC)c2ccc(SB3OC(C)(C)C3(C)C)c(C)c2)cc1C)C(F)(F)F. The summed E-state index contributed by atoms with van der Waals surface area (Å²) in [6.45, 7) is 22.2. The fourth-order valence-electron chi connectivity index (χ4n) is 5.89. The van der Waals surface area contributed by atoms with Crippen LogP contribution in [-0.4, -0.2) is 18.0 Å². The van der Waals surface area contributed by atoms with Gasteiger partial charge in [0, 0.05) is 26.8 Å². The molecule has 3 rings (SSSR count). The molecule has 224 valence electrons. The minimum atomic E-state index is -4.39. The molecule has 2 aromatic carbocycles. The van der Waals surface area contributed by atoms with Gasteiger partial charge in [-0.2, -0.15) is 13.2 Å². The van der Waals surface area contributed by atoms with Crippen LogP contribution in [0.25, 0.3) is 0 Å². The van der Waals surface area contributed by atoms with Crippen molar-refractivity contribution >= 4 is 17.8 Å². The highest BCUT2D eigenvalue weighted by atomic mass is 32.2. The van der Waals surface area contributed by atoms with Gasteiger partial charge in [-0.05, 0) is 94.2 Å². The monoisotopic (exact) mass is 584 g/mol. The van der Waals surface area contributed by atoms with E-state index in [9.17, 15) is 13.2 Å². The summed E-state index contributed by atoms with van der Waals surface area (Å²) in [5.74, 6) is 5.01. The van der Waals surface area contributed by atoms with Crippen LogP contribution in [0.5, 0.6) is 0 Å². The standard InChI is InChI=1S/C35H48BF3OS/c1-12-15-26(6)33(11,35(37,38)39)21-20-27-16-17-28(22-24(27)4)34(13-2,14-3)29-18-19-30(25(5)23-29)41-36-31(7,8)32(9,10)40-36/h16-19,22-23,26H,12-15H2,1-11H3. The molecule has 0 N–H and O–H groups in total. The number of halogens is 3. The number of rotatable bonds is 9. The third kappa shape index (κ3) is 6.14. The molecule has 1 heterocycles. The average molecular weight is 585 g/mol. The molecule has 0 radical (unpaired) electrons. The van der Waals surface area contributed by atoms with E-state index in [1.807, 2.05) is 19.9 Å². The lowest BCUT2D eigenvalue weighted by Crippen LogP contribution is -2.59. The number of benzene rings is 2. The topological polar surface area (TPSA) is 9.23 Å². The first-order chi connectivity index (χ1) is 18.9. The molecule has 41 heavy (non-hydrogen) atoms. The first kappa shape index (κ1) is 33.7. The summed E-state index contributed by atoms with van der Waals surface area (Å²) in [6.07, 6.45) is -1.27. The van der Waals surface area contributed by atoms with Crippen LogP contribution in [-0.2, 0) is 10.1 Å². The molecule has 6 heteroatoms. The Hall–Kier alpha value is -1.84. The second kappa shape index (κ2) is 12.0. The second-order valence-electron chi connectivity index (χ2n) is 13.2. The predicted molar refractivity (Wildman–Crippen MR) is 170 cm³/mol. The lowest BCUT2D eigenvalue weighted by Gasteiger charge is -2.56. The fourth-order valence-corrected chi connectivity index (χ4v) is 7.37. The second-order valence-corrected chi connectivity index (χ2v) is 14.3. The van der Waals surface area contributed by atoms with Gasteiger partial charge in [-0.1, -0.05) is 84.1 Å². The molecule has 1 fully saturated rings. The Kier molecular flexibility index (Phi) is 9.89. The van der Waals surface area contributed by atoms with Gasteiger partial charge in [0.15, 0.2) is 0 Å². The van der Waals surface area contributed by atoms with Gasteiger partial charge >= 0.3 is 12.4 Å². The van der Waals surface area contributed by atoms with E-state index in [-0.39, 0.29) is 22.5 Å². The Morgan fingerprint density at radius 1 is 0.927 bits per heavy atom. The van der Waals surface area contributed by atoms with Crippen LogP contribution in [0, 0.1) is 37.0 Å². The van der Waals surface area contributed by atoms with E-state index in [1.54, 1.807) is 18.5 Å². The van der Waals surface area contributed by atoms with Gasteiger partial charge in [0.1, 0.15) is 5.41 Å². The van der Waals surface area contributed by atoms with Crippen molar-refractivity contribution in [1.29, 1.82) is 0 Å². The van der Waals surface area contributed by atoms with Crippen molar-refractivity contribution < 1.29 is 17.8 Å². The van der Waals surface area contributed by atoms with Crippen LogP contribution in [0.1, 0.15) is 116 Å². The molecule has 1 aliphatic heterocycles. The number of hydrogen-bond acceptors (Lipinski definition) is 2. The van der Waals surface area contributed by atoms with E-state index in [2.05, 4.69) is 90.6 Å². The van der Waals surface area contributed by atoms with Crippen LogP contribution >= 0.6 is 11.6 Å². The van der Waals surface area contributed by atoms with Crippen molar-refractivity contribution in [3.05, 3.63) is 64.2 Å². The van der Waals surface area contributed by atoms with Crippen LogP contribution in [0.2, 0.25) is 5.31 Å². The van der Waals surface area contributed by atoms with E-state index < -0.39 is 17.5 Å². The summed E-state index contributed by atoms with van der Waals surface area (Å²) in [7, 11) is 0. The van der Waals surface area contributed by atoms with Crippen molar-refractivity contribution in [2.24, 2.45) is 11.3 Å². The maximum atomic E-state index is 14.1. The largest absolute Gasteiger partial charge is 0.420 e. The summed E-state index contributed by atoms with van der Waals surface area (Å²) in [6, 6.07) is 12.9. The summed E-state index contributed by atoms with van der Waals surface area (Å²) >= 11 is 1.80. The van der Waals surface area contributed by atoms with E-state index in [0.29, 0.717) is 18.4 Å². The molecular formula is C35H48BF3OS. The zero-order chi connectivity index (χ0) is 31.0. The number of alkyl halides is 3. The molecule has 1 nitrogen and oxygen atoms in total. The van der Waals surface area contributed by atoms with Crippen molar-refractivity contribution in [3.8, 4) is 11.8 Å². The predicted octanol–water partition coefficient (Wildman–Crippen LogP) is 10.9. The number of aryl methyl sites for hydroxylation is 2. The number of hydrogen-bond donors (Lipinski definition) is 0. The Morgan fingerprint density at radius 3 is 1.93 bits per heavy atom. The molecule has 1 saturated heterocycles. The highest BCUT2D eigenvalue weighted by molar-refractivity contribution is 8.25. The normalized spacial score (nSPS) is 18.6. The first-order valence-corrected chi connectivity index (χ1v) is 15.9. The van der Waals surface area contributed by atoms with Gasteiger partial charge in [0.2, 0.25) is 0 Å². The van der Waals surface area contributed by atoms with E-state index >= 15 is 0 Å². The molecule has 0 spiro atoms. The highest BCUT2D eigenvalue weighted by Gasteiger charge is 2.59. The highest BCUT2D eigenvalue weighted by Crippen LogP contribution is 2.58. The van der Waals surface area contributed by atoms with Crippen molar-refractivity contribution in [2.45, 2.75) is 129 Å². The fraction of sp³-hybridized carbons (Fsp3) is 0.600. The Balaban J connectivity index is 1.95. The van der Waals surface area contributed by atoms with Crippen LogP contribution in [0.3, 0.4) is 0 Å². The van der Waals surface area contributed by atoms with Gasteiger partial charge in [-0.15, -0.1) is 11.6 Å². The molecule has 2 aromatic rings. The summed E-state index contributed by atoms with van der Waals surface area (Å²) in [5.41, 5.74) is 2.85. The molecule has 2 unspecified atom stereocenters. The van der Waals surface area contributed by atoms with Gasteiger partial charge in [-0.25, -0.2) is 0 Å². The molecule has 1 aliphatic rings. The minimum Gasteiger partial charge on any atom is -0.420 e. The van der Waals surface area contributed by atoms with Crippen molar-refractivity contribution in [1.82, 2.24) is 0 Å². The summed E-state index contributed by atoms with van der Waals surface area (Å²) in [4.78, 5) is 1.23. The zero-order valence-electron chi connectivity index (χ0n) is 26.9. The minimum absolute atomic E-state index is 0.0765. The lowest BCUT2D eigenvalue weighted by atomic mass is 9.49. The van der Waals surface area contributed by atoms with E-state index in [1.165, 1.54) is 28.5 Å². The Morgan fingerprint density at radius 2 is 1.49 bits per heavy atom. The molecule has 0 amide bonds. The maximum Gasteiger partial charge on any atom is 0.405 e. The third-order valence-electron chi connectivity index (χ3n) is 10.2. The molecule has 2 atom stereocenters.